The van der Waals surface area contributed by atoms with Crippen molar-refractivity contribution in [3.05, 3.63) is 48.3 Å². The van der Waals surface area contributed by atoms with Crippen LogP contribution in [-0.4, -0.2) is 34.1 Å². The van der Waals surface area contributed by atoms with Crippen molar-refractivity contribution in [3.63, 3.8) is 0 Å². The highest BCUT2D eigenvalue weighted by molar-refractivity contribution is 8.13. The summed E-state index contributed by atoms with van der Waals surface area (Å²) in [7, 11) is 0. The van der Waals surface area contributed by atoms with Gasteiger partial charge in [0.1, 0.15) is 17.7 Å². The van der Waals surface area contributed by atoms with Crippen molar-refractivity contribution in [1.82, 2.24) is 9.97 Å². The Labute approximate surface area is 161 Å². The monoisotopic (exact) mass is 402 g/mol. The minimum absolute atomic E-state index is 0. The number of aromatic nitrogens is 2. The van der Waals surface area contributed by atoms with Crippen LogP contribution in [0.5, 0.6) is 0 Å². The fourth-order valence-corrected chi connectivity index (χ4v) is 4.15. The molecule has 134 valence electrons. The van der Waals surface area contributed by atoms with Crippen LogP contribution in [0.1, 0.15) is 5.56 Å². The zero-order chi connectivity index (χ0) is 15.9. The van der Waals surface area contributed by atoms with Crippen LogP contribution in [-0.2, 0) is 10.3 Å². The van der Waals surface area contributed by atoms with Gasteiger partial charge in [-0.1, -0.05) is 17.8 Å². The summed E-state index contributed by atoms with van der Waals surface area (Å²) in [4.78, 5) is 12.6. The van der Waals surface area contributed by atoms with Gasteiger partial charge in [0.2, 0.25) is 0 Å². The molecule has 0 amide bonds. The van der Waals surface area contributed by atoms with Crippen molar-refractivity contribution in [2.75, 3.05) is 19.0 Å². The molecular formula is C16H17Cl2FN4OS. The van der Waals surface area contributed by atoms with Gasteiger partial charge in [0.15, 0.2) is 5.17 Å². The maximum Gasteiger partial charge on any atom is 0.154 e. The van der Waals surface area contributed by atoms with Crippen molar-refractivity contribution in [2.24, 2.45) is 16.6 Å². The molecule has 2 aliphatic rings. The van der Waals surface area contributed by atoms with Crippen LogP contribution in [0.3, 0.4) is 0 Å². The standard InChI is InChI=1S/C16H15FN4OS.2ClH/c17-14-2-1-11(3-13(14)10-4-19-9-20-5-10)16-8-22-6-12(16)7-23-15(18)21-16;;/h1-5,9,12H,6-8H2,(H2,18,21);2*1H/t12-,16+;;/m0../s1. The largest absolute Gasteiger partial charge is 0.379 e. The van der Waals surface area contributed by atoms with E-state index < -0.39 is 5.54 Å². The molecule has 0 bridgehead atoms. The fraction of sp³-hybridized carbons (Fsp3) is 0.312. The van der Waals surface area contributed by atoms with E-state index in [-0.39, 0.29) is 36.5 Å². The first-order valence-corrected chi connectivity index (χ1v) is 8.29. The predicted octanol–water partition coefficient (Wildman–Crippen LogP) is 3.03. The smallest absolute Gasteiger partial charge is 0.154 e. The van der Waals surface area contributed by atoms with Crippen molar-refractivity contribution in [1.29, 1.82) is 0 Å². The molecule has 0 aliphatic carbocycles. The molecule has 1 aromatic carbocycles. The van der Waals surface area contributed by atoms with Gasteiger partial charge in [0.25, 0.3) is 0 Å². The number of rotatable bonds is 2. The SMILES string of the molecule is Cl.Cl.NC1=N[C@@]2(c3ccc(F)c(-c4cncnc4)c3)COC[C@H]2CS1. The minimum Gasteiger partial charge on any atom is -0.379 e. The number of benzene rings is 1. The Hall–Kier alpha value is -1.41. The average Bonchev–Trinajstić information content (AvgIpc) is 3.00. The molecule has 1 aromatic heterocycles. The molecule has 5 nitrogen and oxygen atoms in total. The molecule has 0 unspecified atom stereocenters. The van der Waals surface area contributed by atoms with Crippen molar-refractivity contribution in [2.45, 2.75) is 5.54 Å². The predicted molar refractivity (Wildman–Crippen MR) is 102 cm³/mol. The third-order valence-corrected chi connectivity index (χ3v) is 5.35. The van der Waals surface area contributed by atoms with E-state index in [1.54, 1.807) is 30.2 Å². The Balaban J connectivity index is 0.00000113. The minimum atomic E-state index is -0.520. The van der Waals surface area contributed by atoms with E-state index in [4.69, 9.17) is 10.5 Å². The van der Waals surface area contributed by atoms with Crippen LogP contribution in [0.15, 0.2) is 41.9 Å². The number of halogens is 3. The van der Waals surface area contributed by atoms with E-state index in [1.807, 2.05) is 6.07 Å². The Bertz CT molecular complexity index is 780. The molecule has 2 aliphatic heterocycles. The number of aliphatic imine (C=N–C) groups is 1. The molecule has 2 atom stereocenters. The highest BCUT2D eigenvalue weighted by Gasteiger charge is 2.48. The maximum absolute atomic E-state index is 14.3. The highest BCUT2D eigenvalue weighted by Crippen LogP contribution is 2.45. The first kappa shape index (κ1) is 19.9. The molecule has 0 saturated carbocycles. The first-order valence-electron chi connectivity index (χ1n) is 7.30. The first-order chi connectivity index (χ1) is 11.2. The summed E-state index contributed by atoms with van der Waals surface area (Å²) in [6.07, 6.45) is 4.63. The van der Waals surface area contributed by atoms with Crippen molar-refractivity contribution < 1.29 is 9.13 Å². The third-order valence-electron chi connectivity index (χ3n) is 4.40. The van der Waals surface area contributed by atoms with Gasteiger partial charge in [-0.15, -0.1) is 24.8 Å². The lowest BCUT2D eigenvalue weighted by Gasteiger charge is -2.34. The molecule has 2 aromatic rings. The van der Waals surface area contributed by atoms with Gasteiger partial charge in [-0.3, -0.25) is 0 Å². The molecule has 0 spiro atoms. The van der Waals surface area contributed by atoms with Crippen LogP contribution in [0.2, 0.25) is 0 Å². The summed E-state index contributed by atoms with van der Waals surface area (Å²) in [5.74, 6) is 0.791. The van der Waals surface area contributed by atoms with Gasteiger partial charge < -0.3 is 10.5 Å². The summed E-state index contributed by atoms with van der Waals surface area (Å²) in [5.41, 5.74) is 7.46. The Morgan fingerprint density at radius 2 is 2.00 bits per heavy atom. The number of hydrogen-bond donors (Lipinski definition) is 1. The normalized spacial score (nSPS) is 24.5. The van der Waals surface area contributed by atoms with E-state index in [2.05, 4.69) is 15.0 Å². The van der Waals surface area contributed by atoms with Crippen molar-refractivity contribution in [3.8, 4) is 11.1 Å². The summed E-state index contributed by atoms with van der Waals surface area (Å²) in [6, 6.07) is 5.06. The second-order valence-corrected chi connectivity index (χ2v) is 6.76. The van der Waals surface area contributed by atoms with E-state index in [0.717, 1.165) is 11.3 Å². The van der Waals surface area contributed by atoms with E-state index in [1.165, 1.54) is 12.4 Å². The Morgan fingerprint density at radius 3 is 2.76 bits per heavy atom. The number of thioether (sulfide) groups is 1. The zero-order valence-electron chi connectivity index (χ0n) is 13.1. The van der Waals surface area contributed by atoms with Gasteiger partial charge in [-0.2, -0.15) is 0 Å². The molecule has 0 radical (unpaired) electrons. The quantitative estimate of drug-likeness (QED) is 0.835. The number of nitrogens with zero attached hydrogens (tertiary/aromatic N) is 3. The van der Waals surface area contributed by atoms with Gasteiger partial charge in [-0.05, 0) is 17.7 Å². The molecule has 1 saturated heterocycles. The second-order valence-electron chi connectivity index (χ2n) is 5.72. The molecule has 4 rings (SSSR count). The lowest BCUT2D eigenvalue weighted by molar-refractivity contribution is 0.177. The van der Waals surface area contributed by atoms with Gasteiger partial charge in [0, 0.05) is 35.2 Å². The highest BCUT2D eigenvalue weighted by atomic mass is 35.5. The second kappa shape index (κ2) is 7.86. The molecule has 2 N–H and O–H groups in total. The third kappa shape index (κ3) is 3.46. The van der Waals surface area contributed by atoms with Gasteiger partial charge in [-0.25, -0.2) is 19.4 Å². The topological polar surface area (TPSA) is 73.4 Å². The Kier molecular flexibility index (Phi) is 6.26. The van der Waals surface area contributed by atoms with E-state index in [9.17, 15) is 4.39 Å². The summed E-state index contributed by atoms with van der Waals surface area (Å²) >= 11 is 1.55. The number of amidine groups is 1. The molecule has 9 heteroatoms. The number of hydrogen-bond acceptors (Lipinski definition) is 6. The molecule has 3 heterocycles. The number of nitrogens with two attached hydrogens (primary N) is 1. The molecule has 25 heavy (non-hydrogen) atoms. The van der Waals surface area contributed by atoms with Crippen LogP contribution < -0.4 is 5.73 Å². The molecular weight excluding hydrogens is 386 g/mol. The summed E-state index contributed by atoms with van der Waals surface area (Å²) < 4.78 is 20.0. The van der Waals surface area contributed by atoms with Gasteiger partial charge in [0.05, 0.1) is 13.2 Å². The van der Waals surface area contributed by atoms with Crippen LogP contribution in [0.25, 0.3) is 11.1 Å². The number of ether oxygens (including phenoxy) is 1. The average molecular weight is 403 g/mol. The summed E-state index contributed by atoms with van der Waals surface area (Å²) in [5, 5.41) is 0.556. The lowest BCUT2D eigenvalue weighted by Crippen LogP contribution is -2.39. The van der Waals surface area contributed by atoms with Gasteiger partial charge >= 0.3 is 0 Å². The molecule has 1 fully saturated rings. The van der Waals surface area contributed by atoms with Crippen LogP contribution in [0, 0.1) is 11.7 Å². The summed E-state index contributed by atoms with van der Waals surface area (Å²) in [6.45, 7) is 1.11. The number of fused-ring (bicyclic) bond motifs is 1. The van der Waals surface area contributed by atoms with Crippen LogP contribution >= 0.6 is 36.6 Å². The lowest BCUT2D eigenvalue weighted by atomic mass is 9.81. The van der Waals surface area contributed by atoms with E-state index in [0.29, 0.717) is 29.5 Å². The zero-order valence-corrected chi connectivity index (χ0v) is 15.5. The Morgan fingerprint density at radius 1 is 1.24 bits per heavy atom. The van der Waals surface area contributed by atoms with E-state index >= 15 is 0 Å². The maximum atomic E-state index is 14.3. The van der Waals surface area contributed by atoms with Crippen LogP contribution in [0.4, 0.5) is 4.39 Å². The fourth-order valence-electron chi connectivity index (χ4n) is 3.17. The van der Waals surface area contributed by atoms with Crippen molar-refractivity contribution >= 4 is 41.7 Å².